The summed E-state index contributed by atoms with van der Waals surface area (Å²) in [5, 5.41) is 37.8. The number of hydrogen-bond donors (Lipinski definition) is 14. The normalized spacial score (nSPS) is 15.0. The molecule has 0 rings (SSSR count). The van der Waals surface area contributed by atoms with Gasteiger partial charge in [-0.05, 0) is 83.6 Å². The molecular formula is C57H113F5N10O15. The number of hydrazine groups is 4. The van der Waals surface area contributed by atoms with Gasteiger partial charge in [-0.3, -0.25) is 53.4 Å². The Balaban J connectivity index is -0.000000180. The van der Waals surface area contributed by atoms with Crippen LogP contribution in [0, 0.1) is 29.6 Å². The number of aliphatic hydroxyl groups excluding tert-OH is 2. The number of rotatable bonds is 40. The van der Waals surface area contributed by atoms with E-state index in [0.717, 1.165) is 0 Å². The van der Waals surface area contributed by atoms with Gasteiger partial charge >= 0.3 is 17.9 Å². The number of carbonyl (C=O) groups excluding carboxylic acids is 8. The lowest BCUT2D eigenvalue weighted by Gasteiger charge is -2.26. The number of carboxylic acid groups (broad SMARTS) is 2. The third-order valence-electron chi connectivity index (χ3n) is 12.5. The van der Waals surface area contributed by atoms with E-state index >= 15 is 0 Å². The number of carboxylic acids is 2. The number of esters is 1. The number of likely N-dealkylation sites (N-methyl/N-ethyl adjacent to an activating group) is 1. The van der Waals surface area contributed by atoms with Gasteiger partial charge in [0.1, 0.15) is 62.5 Å². The van der Waals surface area contributed by atoms with Crippen LogP contribution >= 0.6 is 0 Å². The molecule has 0 radical (unpaired) electrons. The van der Waals surface area contributed by atoms with Crippen LogP contribution in [0.25, 0.3) is 0 Å². The number of halogens is 5. The molecule has 0 aromatic rings. The van der Waals surface area contributed by atoms with Crippen LogP contribution in [0.4, 0.5) is 22.0 Å². The topological polar surface area (TPSA) is 395 Å². The summed E-state index contributed by atoms with van der Waals surface area (Å²) in [5.41, 5.74) is 26.7. The van der Waals surface area contributed by atoms with Crippen LogP contribution in [0.1, 0.15) is 157 Å². The Morgan fingerprint density at radius 2 is 0.747 bits per heavy atom. The van der Waals surface area contributed by atoms with Crippen LogP contribution in [0.5, 0.6) is 0 Å². The molecule has 0 fully saturated rings. The van der Waals surface area contributed by atoms with Crippen molar-refractivity contribution < 1.29 is 95.1 Å². The minimum atomic E-state index is -1.25. The molecule has 516 valence electrons. The van der Waals surface area contributed by atoms with Gasteiger partial charge in [0.25, 0.3) is 0 Å². The van der Waals surface area contributed by atoms with E-state index in [1.165, 1.54) is 34.8 Å². The van der Waals surface area contributed by atoms with Crippen molar-refractivity contribution in [3.05, 3.63) is 0 Å². The molecule has 0 aliphatic heterocycles. The van der Waals surface area contributed by atoms with E-state index in [1.807, 2.05) is 69.2 Å². The molecule has 0 aromatic carbocycles. The SMILES string of the molecule is C.CC(=O)[C@@H](NNC(CC(=O)O)C(=O)CF)C(C)C.CCC(N)C(O)CF.CCC(NN[C@H](C(C)=O)C(C)C)C(=O)CF.CCC(NN[C@H](C(C)=O)C(C)C)C(O)CF.CN[C@H](C(=O)O)C(C)C.COC(=O)CC(NN[C@H](C(C)=O)C(C)C)C(=O)CF. The van der Waals surface area contributed by atoms with Crippen molar-refractivity contribution in [1.29, 1.82) is 0 Å². The first-order valence-electron chi connectivity index (χ1n) is 28.5. The van der Waals surface area contributed by atoms with Crippen molar-refractivity contribution in [2.45, 2.75) is 230 Å². The second-order valence-corrected chi connectivity index (χ2v) is 21.6. The zero-order valence-electron chi connectivity index (χ0n) is 54.1. The van der Waals surface area contributed by atoms with Crippen molar-refractivity contribution >= 4 is 58.4 Å². The highest BCUT2D eigenvalue weighted by Gasteiger charge is 2.28. The Kier molecular flexibility index (Phi) is 62.3. The summed E-state index contributed by atoms with van der Waals surface area (Å²) in [4.78, 5) is 111. The van der Waals surface area contributed by atoms with Crippen LogP contribution < -0.4 is 54.5 Å². The molecule has 15 N–H and O–H groups in total. The molecule has 0 aromatic heterocycles. The number of ketones is 7. The van der Waals surface area contributed by atoms with Crippen LogP contribution in [0.15, 0.2) is 0 Å². The molecule has 7 unspecified atom stereocenters. The monoisotopic (exact) mass is 1270 g/mol. The number of alkyl halides is 5. The molecule has 0 amide bonds. The first-order chi connectivity index (χ1) is 39.8. The van der Waals surface area contributed by atoms with Crippen molar-refractivity contribution in [3.63, 3.8) is 0 Å². The molecule has 0 heterocycles. The van der Waals surface area contributed by atoms with Gasteiger partial charge in [0.2, 0.25) is 0 Å². The lowest BCUT2D eigenvalue weighted by molar-refractivity contribution is -0.143. The largest absolute Gasteiger partial charge is 0.481 e. The predicted octanol–water partition coefficient (Wildman–Crippen LogP) is 3.06. The summed E-state index contributed by atoms with van der Waals surface area (Å²) < 4.78 is 65.0. The highest BCUT2D eigenvalue weighted by Crippen LogP contribution is 2.08. The fourth-order valence-electron chi connectivity index (χ4n) is 7.03. The van der Waals surface area contributed by atoms with Crippen LogP contribution in [0.2, 0.25) is 0 Å². The van der Waals surface area contributed by atoms with E-state index in [4.69, 9.17) is 21.1 Å². The number of hydrogen-bond acceptors (Lipinski definition) is 23. The summed E-state index contributed by atoms with van der Waals surface area (Å²) >= 11 is 0. The zero-order chi connectivity index (χ0) is 68.7. The highest BCUT2D eigenvalue weighted by atomic mass is 19.1. The van der Waals surface area contributed by atoms with E-state index in [2.05, 4.69) is 53.5 Å². The molecule has 30 heteroatoms. The number of nitrogens with one attached hydrogen (secondary N) is 9. The van der Waals surface area contributed by atoms with Gasteiger partial charge in [-0.25, -0.2) is 59.9 Å². The number of aliphatic carboxylic acids is 2. The third kappa shape index (κ3) is 47.9. The predicted molar refractivity (Wildman–Crippen MR) is 324 cm³/mol. The number of ether oxygens (including phenoxy) is 1. The van der Waals surface area contributed by atoms with Crippen molar-refractivity contribution in [1.82, 2.24) is 48.7 Å². The zero-order valence-corrected chi connectivity index (χ0v) is 54.1. The van der Waals surface area contributed by atoms with Gasteiger partial charge in [-0.2, -0.15) is 0 Å². The third-order valence-corrected chi connectivity index (χ3v) is 12.5. The molecule has 0 bridgehead atoms. The van der Waals surface area contributed by atoms with Crippen molar-refractivity contribution in [3.8, 4) is 0 Å². The second-order valence-electron chi connectivity index (χ2n) is 21.6. The van der Waals surface area contributed by atoms with Gasteiger partial charge in [0, 0.05) is 12.1 Å². The molecule has 12 atom stereocenters. The van der Waals surface area contributed by atoms with Crippen LogP contribution in [-0.2, 0) is 52.7 Å². The number of aliphatic hydroxyl groups is 2. The molecule has 25 nitrogen and oxygen atoms in total. The van der Waals surface area contributed by atoms with Gasteiger partial charge in [-0.15, -0.1) is 0 Å². The number of carbonyl (C=O) groups is 10. The summed E-state index contributed by atoms with van der Waals surface area (Å²) in [6.07, 6.45) is -1.17. The molecule has 87 heavy (non-hydrogen) atoms. The van der Waals surface area contributed by atoms with E-state index in [-0.39, 0.29) is 84.7 Å². The number of nitrogens with two attached hydrogens (primary N) is 1. The fraction of sp³-hybridized carbons (Fsp3) is 0.825. The molecular weight excluding hydrogens is 1160 g/mol. The van der Waals surface area contributed by atoms with Crippen LogP contribution in [-0.4, -0.2) is 199 Å². The Morgan fingerprint density at radius 1 is 0.448 bits per heavy atom. The van der Waals surface area contributed by atoms with E-state index in [0.29, 0.717) is 19.3 Å². The summed E-state index contributed by atoms with van der Waals surface area (Å²) in [6.45, 7) is 24.9. The van der Waals surface area contributed by atoms with E-state index in [9.17, 15) is 75.0 Å². The Morgan fingerprint density at radius 3 is 0.943 bits per heavy atom. The first kappa shape index (κ1) is 95.9. The maximum atomic E-state index is 12.4. The summed E-state index contributed by atoms with van der Waals surface area (Å²) in [7, 11) is 2.83. The summed E-state index contributed by atoms with van der Waals surface area (Å²) in [5.74, 6) is -4.69. The lowest BCUT2D eigenvalue weighted by Crippen LogP contribution is -2.55. The smallest absolute Gasteiger partial charge is 0.320 e. The maximum absolute atomic E-state index is 12.4. The van der Waals surface area contributed by atoms with Crippen molar-refractivity contribution in [2.75, 3.05) is 47.5 Å². The minimum Gasteiger partial charge on any atom is -0.481 e. The summed E-state index contributed by atoms with van der Waals surface area (Å²) in [6, 6.07) is -5.78. The molecule has 0 spiro atoms. The number of methoxy groups -OCH3 is 1. The molecule has 0 saturated heterocycles. The minimum absolute atomic E-state index is 0. The van der Waals surface area contributed by atoms with Gasteiger partial charge < -0.3 is 36.2 Å². The van der Waals surface area contributed by atoms with Gasteiger partial charge in [0.15, 0.2) is 17.3 Å². The van der Waals surface area contributed by atoms with E-state index in [1.54, 1.807) is 27.8 Å². The lowest BCUT2D eigenvalue weighted by atomic mass is 10.0. The van der Waals surface area contributed by atoms with Gasteiger partial charge in [0.05, 0.1) is 74.5 Å². The molecule has 0 aliphatic rings. The standard InChI is InChI=1S/C12H21FN2O4.C11H19FN2O4.C11H23FN2O2.C11H21FN2O2.C6H13NO2.C5H12FNO.CH4/c1-7(2)12(8(3)16)15-14-9(10(17)6-13)5-11(18)19-4;1-6(2)11(7(3)15)14-13-8(4-10(17)18)9(16)5-12;2*1-5-9(10(16)6-12)13-14-11(7(2)3)8(4)15;1-4(2)5(7-3)6(8)9;1-2-4(7)5(8)3-6;/h7,9,12,14-15H,5-6H2,1-4H3;6,8,11,13-14H,4-5H2,1-3H3,(H,17,18);7,9-11,13-14,16H,5-6H2,1-4H3;7,9,11,13-14H,5-6H2,1-4H3;4-5,7H,1-3H3,(H,8,9);4-5,8H,2-3,7H2,1H3;1H4/t9?,12-;8?,11-;9?,10?,11-;9?,11-;5-;;/m00000../s1. The van der Waals surface area contributed by atoms with Crippen molar-refractivity contribution in [2.24, 2.45) is 35.3 Å². The fourth-order valence-corrected chi connectivity index (χ4v) is 7.03. The van der Waals surface area contributed by atoms with Gasteiger partial charge in [-0.1, -0.05) is 97.4 Å². The molecule has 0 aliphatic carbocycles. The Labute approximate surface area is 513 Å². The second kappa shape index (κ2) is 56.5. The Hall–Kier alpha value is -4.73. The quantitative estimate of drug-likeness (QED) is 0.0238. The average molecular weight is 1270 g/mol. The van der Waals surface area contributed by atoms with E-state index < -0.39 is 130 Å². The average Bonchev–Trinajstić information content (AvgIpc) is 3.51. The molecule has 0 saturated carbocycles. The first-order valence-corrected chi connectivity index (χ1v) is 28.5. The Bertz CT molecular complexity index is 1910. The number of Topliss-reactive ketones (excluding diaryl/α,β-unsaturated/α-hetero) is 7. The maximum Gasteiger partial charge on any atom is 0.320 e. The highest BCUT2D eigenvalue weighted by molar-refractivity contribution is 5.90. The van der Waals surface area contributed by atoms with Crippen LogP contribution in [0.3, 0.4) is 0 Å².